The van der Waals surface area contributed by atoms with Gasteiger partial charge in [-0.15, -0.1) is 0 Å². The first kappa shape index (κ1) is 10.9. The van der Waals surface area contributed by atoms with Crippen LogP contribution in [0.15, 0.2) is 48.9 Å². The minimum atomic E-state index is 0.668. The van der Waals surface area contributed by atoms with E-state index in [-0.39, 0.29) is 0 Å². The maximum atomic E-state index is 4.52. The number of fused-ring (bicyclic) bond motifs is 2. The molecule has 0 aliphatic carbocycles. The van der Waals surface area contributed by atoms with Crippen LogP contribution in [0.4, 0.5) is 11.6 Å². The van der Waals surface area contributed by atoms with E-state index in [1.807, 2.05) is 30.3 Å². The summed E-state index contributed by atoms with van der Waals surface area (Å²) in [6.07, 6.45) is 5.25. The van der Waals surface area contributed by atoms with Crippen molar-refractivity contribution in [3.8, 4) is 0 Å². The number of nitrogens with one attached hydrogen (secondary N) is 2. The Morgan fingerprint density at radius 2 is 2.05 bits per heavy atom. The van der Waals surface area contributed by atoms with E-state index in [9.17, 15) is 0 Å². The van der Waals surface area contributed by atoms with Crippen LogP contribution in [0.25, 0.3) is 21.9 Å². The highest BCUT2D eigenvalue weighted by Gasteiger charge is 2.07. The van der Waals surface area contributed by atoms with Gasteiger partial charge in [-0.3, -0.25) is 15.1 Å². The Bertz CT molecular complexity index is 898. The third-order valence-electron chi connectivity index (χ3n) is 3.06. The van der Waals surface area contributed by atoms with Crippen molar-refractivity contribution in [3.63, 3.8) is 0 Å². The number of nitrogens with zero attached hydrogens (tertiary/aromatic N) is 4. The molecule has 0 aliphatic rings. The lowest BCUT2D eigenvalue weighted by atomic mass is 10.3. The van der Waals surface area contributed by atoms with Gasteiger partial charge >= 0.3 is 0 Å². The molecule has 6 heteroatoms. The van der Waals surface area contributed by atoms with E-state index in [0.717, 1.165) is 27.8 Å². The molecule has 4 heterocycles. The van der Waals surface area contributed by atoms with Gasteiger partial charge in [0, 0.05) is 24.0 Å². The summed E-state index contributed by atoms with van der Waals surface area (Å²) in [6.45, 7) is 0. The number of aromatic nitrogens is 5. The van der Waals surface area contributed by atoms with Crippen molar-refractivity contribution in [3.05, 3.63) is 48.9 Å². The van der Waals surface area contributed by atoms with Gasteiger partial charge in [-0.25, -0.2) is 4.98 Å². The summed E-state index contributed by atoms with van der Waals surface area (Å²) < 4.78 is 0. The van der Waals surface area contributed by atoms with Crippen LogP contribution in [0.3, 0.4) is 0 Å². The minimum Gasteiger partial charge on any atom is -0.322 e. The highest BCUT2D eigenvalue weighted by atomic mass is 15.2. The summed E-state index contributed by atoms with van der Waals surface area (Å²) in [5, 5.41) is 11.3. The quantitative estimate of drug-likeness (QED) is 0.580. The molecule has 0 aromatic carbocycles. The van der Waals surface area contributed by atoms with Gasteiger partial charge < -0.3 is 5.32 Å². The lowest BCUT2D eigenvalue weighted by molar-refractivity contribution is 1.12. The van der Waals surface area contributed by atoms with Crippen molar-refractivity contribution in [1.29, 1.82) is 0 Å². The van der Waals surface area contributed by atoms with E-state index in [2.05, 4.69) is 30.5 Å². The van der Waals surface area contributed by atoms with Crippen molar-refractivity contribution in [2.75, 3.05) is 5.32 Å². The lowest BCUT2D eigenvalue weighted by Gasteiger charge is -2.03. The highest BCUT2D eigenvalue weighted by Crippen LogP contribution is 2.21. The van der Waals surface area contributed by atoms with E-state index >= 15 is 0 Å². The summed E-state index contributed by atoms with van der Waals surface area (Å²) in [5.74, 6) is 1.39. The van der Waals surface area contributed by atoms with Crippen LogP contribution >= 0.6 is 0 Å². The maximum absolute atomic E-state index is 4.52. The SMILES string of the molecule is c1cnc2c(Nc3ccc4cnccc4n3)n[nH]c2c1. The molecule has 0 spiro atoms. The first-order chi connectivity index (χ1) is 9.90. The molecule has 0 saturated heterocycles. The molecule has 0 saturated carbocycles. The molecule has 0 radical (unpaired) electrons. The largest absolute Gasteiger partial charge is 0.322 e. The van der Waals surface area contributed by atoms with Gasteiger partial charge in [0.2, 0.25) is 0 Å². The zero-order valence-electron chi connectivity index (χ0n) is 10.4. The molecular weight excluding hydrogens is 252 g/mol. The second-order valence-corrected chi connectivity index (χ2v) is 4.36. The fourth-order valence-corrected chi connectivity index (χ4v) is 2.10. The molecule has 4 aromatic heterocycles. The molecule has 0 fully saturated rings. The highest BCUT2D eigenvalue weighted by molar-refractivity contribution is 5.88. The van der Waals surface area contributed by atoms with Gasteiger partial charge in [-0.1, -0.05) is 0 Å². The van der Waals surface area contributed by atoms with Crippen molar-refractivity contribution < 1.29 is 0 Å². The fraction of sp³-hybridized carbons (Fsp3) is 0. The second kappa shape index (κ2) is 4.27. The third-order valence-corrected chi connectivity index (χ3v) is 3.06. The van der Waals surface area contributed by atoms with Crippen LogP contribution < -0.4 is 5.32 Å². The van der Waals surface area contributed by atoms with Crippen LogP contribution in [-0.2, 0) is 0 Å². The van der Waals surface area contributed by atoms with E-state index < -0.39 is 0 Å². The summed E-state index contributed by atoms with van der Waals surface area (Å²) in [5.41, 5.74) is 2.57. The lowest BCUT2D eigenvalue weighted by Crippen LogP contribution is -1.95. The monoisotopic (exact) mass is 262 g/mol. The van der Waals surface area contributed by atoms with Gasteiger partial charge in [0.25, 0.3) is 0 Å². The van der Waals surface area contributed by atoms with Crippen LogP contribution in [0.2, 0.25) is 0 Å². The molecular formula is C14H10N6. The number of rotatable bonds is 2. The summed E-state index contributed by atoms with van der Waals surface area (Å²) in [6, 6.07) is 9.54. The average molecular weight is 262 g/mol. The molecule has 0 amide bonds. The Kier molecular flexibility index (Phi) is 2.32. The topological polar surface area (TPSA) is 79.4 Å². The predicted molar refractivity (Wildman–Crippen MR) is 76.7 cm³/mol. The van der Waals surface area contributed by atoms with Crippen LogP contribution in [0, 0.1) is 0 Å². The van der Waals surface area contributed by atoms with E-state index in [1.54, 1.807) is 18.6 Å². The minimum absolute atomic E-state index is 0.668. The Morgan fingerprint density at radius 3 is 3.05 bits per heavy atom. The predicted octanol–water partition coefficient (Wildman–Crippen LogP) is 2.64. The average Bonchev–Trinajstić information content (AvgIpc) is 2.91. The molecule has 0 atom stereocenters. The molecule has 6 nitrogen and oxygen atoms in total. The molecule has 4 aromatic rings. The van der Waals surface area contributed by atoms with E-state index in [1.165, 1.54) is 0 Å². The number of hydrogen-bond donors (Lipinski definition) is 2. The van der Waals surface area contributed by atoms with Crippen molar-refractivity contribution in [1.82, 2.24) is 25.1 Å². The zero-order chi connectivity index (χ0) is 13.4. The first-order valence-corrected chi connectivity index (χ1v) is 6.17. The zero-order valence-corrected chi connectivity index (χ0v) is 10.4. The molecule has 96 valence electrons. The number of hydrogen-bond acceptors (Lipinski definition) is 5. The fourth-order valence-electron chi connectivity index (χ4n) is 2.10. The van der Waals surface area contributed by atoms with Gasteiger partial charge in [0.15, 0.2) is 5.82 Å². The van der Waals surface area contributed by atoms with Crippen molar-refractivity contribution in [2.24, 2.45) is 0 Å². The van der Waals surface area contributed by atoms with Gasteiger partial charge in [-0.05, 0) is 30.3 Å². The number of H-pyrrole nitrogens is 1. The third kappa shape index (κ3) is 1.74. The Hall–Kier alpha value is -3.02. The number of aromatic amines is 1. The Labute approximate surface area is 113 Å². The smallest absolute Gasteiger partial charge is 0.179 e. The molecule has 0 bridgehead atoms. The van der Waals surface area contributed by atoms with Gasteiger partial charge in [-0.2, -0.15) is 5.10 Å². The summed E-state index contributed by atoms with van der Waals surface area (Å²) in [4.78, 5) is 12.9. The standard InChI is InChI=1S/C14H10N6/c1-2-11-13(16-6-1)14(20-19-11)18-12-4-3-9-8-15-7-5-10(9)17-12/h1-8H,(H2,17,18,19,20). The summed E-state index contributed by atoms with van der Waals surface area (Å²) >= 11 is 0. The maximum Gasteiger partial charge on any atom is 0.179 e. The molecule has 4 rings (SSSR count). The van der Waals surface area contributed by atoms with Gasteiger partial charge in [0.1, 0.15) is 11.3 Å². The Balaban J connectivity index is 1.76. The summed E-state index contributed by atoms with van der Waals surface area (Å²) in [7, 11) is 0. The van der Waals surface area contributed by atoms with Crippen molar-refractivity contribution >= 4 is 33.6 Å². The number of anilines is 2. The van der Waals surface area contributed by atoms with Crippen molar-refractivity contribution in [2.45, 2.75) is 0 Å². The van der Waals surface area contributed by atoms with Crippen LogP contribution in [-0.4, -0.2) is 25.1 Å². The van der Waals surface area contributed by atoms with Crippen LogP contribution in [0.5, 0.6) is 0 Å². The Morgan fingerprint density at radius 1 is 1.05 bits per heavy atom. The van der Waals surface area contributed by atoms with E-state index in [4.69, 9.17) is 0 Å². The van der Waals surface area contributed by atoms with Crippen LogP contribution in [0.1, 0.15) is 0 Å². The first-order valence-electron chi connectivity index (χ1n) is 6.17. The molecule has 2 N–H and O–H groups in total. The molecule has 0 unspecified atom stereocenters. The molecule has 0 aliphatic heterocycles. The molecule has 20 heavy (non-hydrogen) atoms. The van der Waals surface area contributed by atoms with Gasteiger partial charge in [0.05, 0.1) is 11.0 Å². The number of pyridine rings is 3. The normalized spacial score (nSPS) is 11.0. The van der Waals surface area contributed by atoms with E-state index in [0.29, 0.717) is 5.82 Å². The second-order valence-electron chi connectivity index (χ2n) is 4.36.